The Labute approximate surface area is 462 Å². The third-order valence-corrected chi connectivity index (χ3v) is 14.1. The third kappa shape index (κ3) is 55.7. The van der Waals surface area contributed by atoms with Gasteiger partial charge in [-0.2, -0.15) is 0 Å². The summed E-state index contributed by atoms with van der Waals surface area (Å²) >= 11 is 0. The molecule has 4 N–H and O–H groups in total. The zero-order valence-electron chi connectivity index (χ0n) is 48.9. The van der Waals surface area contributed by atoms with Crippen molar-refractivity contribution in [2.24, 2.45) is 0 Å². The van der Waals surface area contributed by atoms with Gasteiger partial charge >= 0.3 is 7.82 Å². The first-order valence-electron chi connectivity index (χ1n) is 30.3. The van der Waals surface area contributed by atoms with Crippen molar-refractivity contribution in [2.45, 2.75) is 257 Å². The van der Waals surface area contributed by atoms with E-state index in [2.05, 4.69) is 129 Å². The molecule has 0 saturated carbocycles. The van der Waals surface area contributed by atoms with Crippen LogP contribution >= 0.6 is 7.82 Å². The van der Waals surface area contributed by atoms with Crippen molar-refractivity contribution < 1.29 is 38.0 Å². The monoisotopic (exact) mass is 1070 g/mol. The summed E-state index contributed by atoms with van der Waals surface area (Å²) in [6.45, 7) is 4.48. The summed E-state index contributed by atoms with van der Waals surface area (Å²) in [5.74, 6) is -0.265. The smallest absolute Gasteiger partial charge is 0.390 e. The Bertz CT molecular complexity index is 1610. The Morgan fingerprint density at radius 3 is 1.21 bits per heavy atom. The molecule has 0 saturated heterocycles. The summed E-state index contributed by atoms with van der Waals surface area (Å²) in [6, 6.07) is -1.04. The van der Waals surface area contributed by atoms with Crippen LogP contribution in [0.4, 0.5) is 0 Å². The largest absolute Gasteiger partial charge is 0.472 e. The minimum atomic E-state index is -4.43. The number of quaternary nitrogens is 1. The molecule has 0 rings (SSSR count). The molecular formula is C65H116N2O7P+. The van der Waals surface area contributed by atoms with Crippen LogP contribution < -0.4 is 5.32 Å². The van der Waals surface area contributed by atoms with E-state index in [4.69, 9.17) is 9.05 Å². The number of carbonyl (C=O) groups excluding carboxylic acids is 1. The van der Waals surface area contributed by atoms with Crippen LogP contribution in [0, 0.1) is 0 Å². The van der Waals surface area contributed by atoms with Crippen molar-refractivity contribution >= 4 is 13.7 Å². The van der Waals surface area contributed by atoms with Crippen LogP contribution in [-0.2, 0) is 18.4 Å². The van der Waals surface area contributed by atoms with Crippen LogP contribution in [-0.4, -0.2) is 84.6 Å². The Hall–Kier alpha value is -2.88. The molecule has 0 aromatic carbocycles. The lowest BCUT2D eigenvalue weighted by atomic mass is 9.99. The van der Waals surface area contributed by atoms with Gasteiger partial charge < -0.3 is 24.9 Å². The maximum Gasteiger partial charge on any atom is 0.472 e. The molecule has 0 heterocycles. The summed E-state index contributed by atoms with van der Waals surface area (Å²) in [4.78, 5) is 23.3. The molecule has 0 bridgehead atoms. The maximum absolute atomic E-state index is 13.0. The second-order valence-electron chi connectivity index (χ2n) is 21.5. The molecule has 0 aliphatic heterocycles. The molecule has 1 amide bonds. The lowest BCUT2D eigenvalue weighted by Crippen LogP contribution is -2.51. The third-order valence-electron chi connectivity index (χ3n) is 13.1. The van der Waals surface area contributed by atoms with Gasteiger partial charge in [0.1, 0.15) is 19.3 Å². The van der Waals surface area contributed by atoms with Gasteiger partial charge in [-0.05, 0) is 83.5 Å². The van der Waals surface area contributed by atoms with Crippen molar-refractivity contribution in [1.82, 2.24) is 5.32 Å². The lowest BCUT2D eigenvalue weighted by molar-refractivity contribution is -0.870. The highest BCUT2D eigenvalue weighted by Crippen LogP contribution is 2.43. The van der Waals surface area contributed by atoms with E-state index in [0.29, 0.717) is 17.4 Å². The minimum absolute atomic E-state index is 0.0171. The number of aliphatic hydroxyl groups excluding tert-OH is 2. The second-order valence-corrected chi connectivity index (χ2v) is 22.9. The summed E-state index contributed by atoms with van der Waals surface area (Å²) in [5.41, 5.74) is 0. The average molecular weight is 1070 g/mol. The van der Waals surface area contributed by atoms with E-state index in [1.165, 1.54) is 103 Å². The van der Waals surface area contributed by atoms with Crippen LogP contribution in [0.3, 0.4) is 0 Å². The van der Waals surface area contributed by atoms with E-state index in [1.54, 1.807) is 0 Å². The highest BCUT2D eigenvalue weighted by Gasteiger charge is 2.32. The normalized spacial score (nSPS) is 15.0. The molecule has 0 radical (unpaired) electrons. The average Bonchev–Trinajstić information content (AvgIpc) is 3.37. The second kappa shape index (κ2) is 54.5. The number of phosphoric ester groups is 1. The SMILES string of the molecule is CC/C=C\C/C=C\C/C=C\C/C=C\C/C=C\C/C=C\C/C=C\C/C=C\C/C=C\CCCCCCCCCCCCCC(=O)NC(COP(=O)(O)OCC[N+](C)(C)C)C(O)C(O)CCCCCCCCCCCCCC. The zero-order chi connectivity index (χ0) is 55.0. The predicted molar refractivity (Wildman–Crippen MR) is 324 cm³/mol. The molecule has 4 unspecified atom stereocenters. The summed E-state index contributed by atoms with van der Waals surface area (Å²) in [5, 5.41) is 24.8. The lowest BCUT2D eigenvalue weighted by Gasteiger charge is -2.28. The van der Waals surface area contributed by atoms with E-state index in [9.17, 15) is 24.5 Å². The van der Waals surface area contributed by atoms with Crippen LogP contribution in [0.25, 0.3) is 0 Å². The Balaban J connectivity index is 4.12. The van der Waals surface area contributed by atoms with Crippen molar-refractivity contribution in [3.8, 4) is 0 Å². The van der Waals surface area contributed by atoms with Crippen molar-refractivity contribution in [2.75, 3.05) is 40.9 Å². The number of amides is 1. The zero-order valence-corrected chi connectivity index (χ0v) is 49.8. The number of carbonyl (C=O) groups is 1. The number of rotatable bonds is 54. The first-order valence-corrected chi connectivity index (χ1v) is 31.8. The molecular weight excluding hydrogens is 952 g/mol. The van der Waals surface area contributed by atoms with Crippen LogP contribution in [0.1, 0.15) is 239 Å². The van der Waals surface area contributed by atoms with Crippen molar-refractivity contribution in [1.29, 1.82) is 0 Å². The number of allylic oxidation sites excluding steroid dienone is 18. The molecule has 9 nitrogen and oxygen atoms in total. The maximum atomic E-state index is 13.0. The van der Waals surface area contributed by atoms with Gasteiger partial charge in [-0.3, -0.25) is 13.8 Å². The van der Waals surface area contributed by atoms with Gasteiger partial charge in [0.05, 0.1) is 39.9 Å². The van der Waals surface area contributed by atoms with Gasteiger partial charge in [-0.1, -0.05) is 258 Å². The van der Waals surface area contributed by atoms with Gasteiger partial charge in [0.25, 0.3) is 0 Å². The molecule has 0 aliphatic rings. The fourth-order valence-corrected chi connectivity index (χ4v) is 9.11. The van der Waals surface area contributed by atoms with Crippen molar-refractivity contribution in [3.05, 3.63) is 109 Å². The van der Waals surface area contributed by atoms with Gasteiger partial charge in [0.15, 0.2) is 0 Å². The standard InChI is InChI=1S/C65H115N2O7P/c1-6-8-10-12-14-16-18-20-21-22-23-24-25-26-27-28-29-30-31-32-33-34-35-36-37-38-39-40-41-42-43-44-45-46-48-50-52-54-56-58-64(69)66-62(61-74-75(71,72)73-60-59-67(3,4)5)65(70)63(68)57-55-53-51-49-47-19-17-15-13-11-9-7-2/h8,10,14,16,20-21,23-24,26-27,29-30,32-33,35-36,38-39,62-63,65,68,70H,6-7,9,11-13,15,17-19,22,25,28,31,34,37,40-61H2,1-5H3,(H-,66,69,71,72)/p+1/b10-8-,16-14-,21-20-,24-23-,27-26-,30-29-,33-32-,36-35-,39-38-. The minimum Gasteiger partial charge on any atom is -0.390 e. The molecule has 432 valence electrons. The first-order chi connectivity index (χ1) is 36.4. The number of aliphatic hydroxyl groups is 2. The fourth-order valence-electron chi connectivity index (χ4n) is 8.37. The van der Waals surface area contributed by atoms with E-state index >= 15 is 0 Å². The number of hydrogen-bond donors (Lipinski definition) is 4. The van der Waals surface area contributed by atoms with Crippen LogP contribution in [0.2, 0.25) is 0 Å². The number of phosphoric acid groups is 1. The summed E-state index contributed by atoms with van der Waals surface area (Å²) in [7, 11) is 1.42. The van der Waals surface area contributed by atoms with Gasteiger partial charge in [-0.25, -0.2) is 4.57 Å². The highest BCUT2D eigenvalue weighted by atomic mass is 31.2. The van der Waals surface area contributed by atoms with Crippen molar-refractivity contribution in [3.63, 3.8) is 0 Å². The van der Waals surface area contributed by atoms with E-state index in [-0.39, 0.29) is 18.9 Å². The Morgan fingerprint density at radius 2 is 0.827 bits per heavy atom. The topological polar surface area (TPSA) is 125 Å². The Kier molecular flexibility index (Phi) is 52.4. The van der Waals surface area contributed by atoms with Crippen LogP contribution in [0.5, 0.6) is 0 Å². The molecule has 4 atom stereocenters. The number of nitrogens with zero attached hydrogens (tertiary/aromatic N) is 1. The van der Waals surface area contributed by atoms with E-state index in [0.717, 1.165) is 109 Å². The predicted octanol–water partition coefficient (Wildman–Crippen LogP) is 17.7. The molecule has 0 spiro atoms. The molecule has 10 heteroatoms. The van der Waals surface area contributed by atoms with Gasteiger partial charge in [-0.15, -0.1) is 0 Å². The molecule has 0 fully saturated rings. The first kappa shape index (κ1) is 72.1. The number of hydrogen-bond acceptors (Lipinski definition) is 6. The molecule has 0 aliphatic carbocycles. The quantitative estimate of drug-likeness (QED) is 0.0207. The van der Waals surface area contributed by atoms with Gasteiger partial charge in [0, 0.05) is 6.42 Å². The van der Waals surface area contributed by atoms with Crippen LogP contribution in [0.15, 0.2) is 109 Å². The molecule has 0 aromatic rings. The number of likely N-dealkylation sites (N-methyl/N-ethyl adjacent to an activating group) is 1. The van der Waals surface area contributed by atoms with E-state index < -0.39 is 32.7 Å². The molecule has 0 aromatic heterocycles. The van der Waals surface area contributed by atoms with Gasteiger partial charge in [0.2, 0.25) is 5.91 Å². The summed E-state index contributed by atoms with van der Waals surface area (Å²) < 4.78 is 23.6. The number of unbranched alkanes of at least 4 members (excludes halogenated alkanes) is 22. The summed E-state index contributed by atoms with van der Waals surface area (Å²) in [6.07, 6.45) is 76.1. The van der Waals surface area contributed by atoms with E-state index in [1.807, 2.05) is 21.1 Å². The fraction of sp³-hybridized carbons (Fsp3) is 0.708. The highest BCUT2D eigenvalue weighted by molar-refractivity contribution is 7.47. The molecule has 75 heavy (non-hydrogen) atoms. The Morgan fingerprint density at radius 1 is 0.480 bits per heavy atom. The number of nitrogens with one attached hydrogen (secondary N) is 1.